The normalized spacial score (nSPS) is 27.6. The van der Waals surface area contributed by atoms with E-state index < -0.39 is 0 Å². The molecule has 0 aliphatic heterocycles. The minimum Gasteiger partial charge on any atom is -0.271 e. The Morgan fingerprint density at radius 2 is 2.12 bits per heavy atom. The number of rotatable bonds is 3. The predicted molar refractivity (Wildman–Crippen MR) is 63.2 cm³/mol. The molecule has 0 saturated heterocycles. The summed E-state index contributed by atoms with van der Waals surface area (Å²) in [6.45, 7) is 2.33. The maximum absolute atomic E-state index is 5.66. The first kappa shape index (κ1) is 11.5. The van der Waals surface area contributed by atoms with Crippen LogP contribution in [0.2, 0.25) is 0 Å². The molecular formula is C12H20N4. The number of hydrazine groups is 1. The monoisotopic (exact) mass is 220 g/mol. The van der Waals surface area contributed by atoms with Crippen molar-refractivity contribution in [3.63, 3.8) is 0 Å². The number of aromatic nitrogens is 2. The van der Waals surface area contributed by atoms with Gasteiger partial charge in [-0.3, -0.25) is 11.3 Å². The molecule has 4 heteroatoms. The van der Waals surface area contributed by atoms with E-state index >= 15 is 0 Å². The van der Waals surface area contributed by atoms with Gasteiger partial charge in [0.25, 0.3) is 0 Å². The number of hydrogen-bond donors (Lipinski definition) is 2. The van der Waals surface area contributed by atoms with Crippen LogP contribution < -0.4 is 11.3 Å². The Morgan fingerprint density at radius 3 is 2.69 bits per heavy atom. The summed E-state index contributed by atoms with van der Waals surface area (Å²) in [5, 5.41) is 0. The van der Waals surface area contributed by atoms with Crippen LogP contribution in [0, 0.1) is 11.8 Å². The van der Waals surface area contributed by atoms with Gasteiger partial charge in [-0.05, 0) is 30.7 Å². The molecule has 88 valence electrons. The fraction of sp³-hybridized carbons (Fsp3) is 0.667. The van der Waals surface area contributed by atoms with Crippen molar-refractivity contribution < 1.29 is 0 Å². The van der Waals surface area contributed by atoms with Crippen LogP contribution in [-0.2, 0) is 0 Å². The lowest BCUT2D eigenvalue weighted by Gasteiger charge is -2.31. The summed E-state index contributed by atoms with van der Waals surface area (Å²) >= 11 is 0. The third-order valence-corrected chi connectivity index (χ3v) is 3.63. The SMILES string of the molecule is CC1CCC(C(NN)c2ccncn2)CC1. The average molecular weight is 220 g/mol. The quantitative estimate of drug-likeness (QED) is 0.602. The third-order valence-electron chi connectivity index (χ3n) is 3.63. The average Bonchev–Trinajstić information content (AvgIpc) is 2.34. The molecule has 0 spiro atoms. The van der Waals surface area contributed by atoms with E-state index in [-0.39, 0.29) is 6.04 Å². The summed E-state index contributed by atoms with van der Waals surface area (Å²) in [5.74, 6) is 7.13. The molecule has 1 heterocycles. The first-order valence-electron chi connectivity index (χ1n) is 6.03. The van der Waals surface area contributed by atoms with Gasteiger partial charge >= 0.3 is 0 Å². The molecule has 1 fully saturated rings. The largest absolute Gasteiger partial charge is 0.271 e. The highest BCUT2D eigenvalue weighted by molar-refractivity contribution is 5.06. The molecule has 1 saturated carbocycles. The molecule has 0 bridgehead atoms. The van der Waals surface area contributed by atoms with Crippen molar-refractivity contribution in [2.45, 2.75) is 38.6 Å². The first-order chi connectivity index (χ1) is 7.81. The Labute approximate surface area is 96.6 Å². The smallest absolute Gasteiger partial charge is 0.115 e. The van der Waals surface area contributed by atoms with E-state index in [1.807, 2.05) is 6.07 Å². The molecule has 1 aliphatic rings. The van der Waals surface area contributed by atoms with Gasteiger partial charge in [0.1, 0.15) is 6.33 Å². The fourth-order valence-electron chi connectivity index (χ4n) is 2.57. The van der Waals surface area contributed by atoms with Crippen LogP contribution in [0.4, 0.5) is 0 Å². The summed E-state index contributed by atoms with van der Waals surface area (Å²) in [6.07, 6.45) is 8.44. The van der Waals surface area contributed by atoms with Gasteiger partial charge < -0.3 is 0 Å². The Hall–Kier alpha value is -1.00. The summed E-state index contributed by atoms with van der Waals surface area (Å²) in [7, 11) is 0. The third kappa shape index (κ3) is 2.57. The predicted octanol–water partition coefficient (Wildman–Crippen LogP) is 1.81. The second-order valence-corrected chi connectivity index (χ2v) is 4.80. The highest BCUT2D eigenvalue weighted by atomic mass is 15.2. The molecule has 0 radical (unpaired) electrons. The summed E-state index contributed by atoms with van der Waals surface area (Å²) < 4.78 is 0. The van der Waals surface area contributed by atoms with Crippen LogP contribution in [0.5, 0.6) is 0 Å². The summed E-state index contributed by atoms with van der Waals surface area (Å²) in [4.78, 5) is 8.23. The van der Waals surface area contributed by atoms with Crippen LogP contribution in [0.15, 0.2) is 18.6 Å². The molecule has 16 heavy (non-hydrogen) atoms. The van der Waals surface area contributed by atoms with Crippen molar-refractivity contribution in [3.05, 3.63) is 24.3 Å². The van der Waals surface area contributed by atoms with Gasteiger partial charge in [-0.2, -0.15) is 0 Å². The Balaban J connectivity index is 2.05. The molecule has 0 aromatic carbocycles. The fourth-order valence-corrected chi connectivity index (χ4v) is 2.57. The van der Waals surface area contributed by atoms with Gasteiger partial charge in [0, 0.05) is 6.20 Å². The van der Waals surface area contributed by atoms with Crippen molar-refractivity contribution in [2.75, 3.05) is 0 Å². The Morgan fingerprint density at radius 1 is 1.38 bits per heavy atom. The van der Waals surface area contributed by atoms with E-state index in [9.17, 15) is 0 Å². The van der Waals surface area contributed by atoms with E-state index in [2.05, 4.69) is 22.3 Å². The highest BCUT2D eigenvalue weighted by Gasteiger charge is 2.27. The zero-order valence-electron chi connectivity index (χ0n) is 9.76. The van der Waals surface area contributed by atoms with E-state index in [1.165, 1.54) is 25.7 Å². The van der Waals surface area contributed by atoms with E-state index in [1.54, 1.807) is 12.5 Å². The number of nitrogens with one attached hydrogen (secondary N) is 1. The van der Waals surface area contributed by atoms with Crippen LogP contribution >= 0.6 is 0 Å². The van der Waals surface area contributed by atoms with E-state index in [0.717, 1.165) is 11.6 Å². The van der Waals surface area contributed by atoms with Crippen LogP contribution in [0.1, 0.15) is 44.3 Å². The lowest BCUT2D eigenvalue weighted by molar-refractivity contribution is 0.229. The Bertz CT molecular complexity index is 306. The van der Waals surface area contributed by atoms with Gasteiger partial charge in [0.05, 0.1) is 11.7 Å². The van der Waals surface area contributed by atoms with Gasteiger partial charge in [-0.1, -0.05) is 19.8 Å². The van der Waals surface area contributed by atoms with Gasteiger partial charge in [-0.15, -0.1) is 0 Å². The van der Waals surface area contributed by atoms with Gasteiger partial charge in [0.2, 0.25) is 0 Å². The lowest BCUT2D eigenvalue weighted by atomic mass is 9.78. The highest BCUT2D eigenvalue weighted by Crippen LogP contribution is 2.35. The molecule has 1 aromatic heterocycles. The molecule has 1 unspecified atom stereocenters. The molecule has 1 atom stereocenters. The maximum Gasteiger partial charge on any atom is 0.115 e. The number of hydrogen-bond acceptors (Lipinski definition) is 4. The molecule has 2 rings (SSSR count). The molecule has 1 aromatic rings. The molecule has 4 nitrogen and oxygen atoms in total. The number of nitrogens with two attached hydrogens (primary N) is 1. The first-order valence-corrected chi connectivity index (χ1v) is 6.03. The van der Waals surface area contributed by atoms with Crippen molar-refractivity contribution in [2.24, 2.45) is 17.7 Å². The van der Waals surface area contributed by atoms with Crippen molar-refractivity contribution in [1.29, 1.82) is 0 Å². The van der Waals surface area contributed by atoms with Crippen LogP contribution in [0.3, 0.4) is 0 Å². The molecule has 0 amide bonds. The van der Waals surface area contributed by atoms with Crippen molar-refractivity contribution in [3.8, 4) is 0 Å². The van der Waals surface area contributed by atoms with Gasteiger partial charge in [-0.25, -0.2) is 9.97 Å². The van der Waals surface area contributed by atoms with Gasteiger partial charge in [0.15, 0.2) is 0 Å². The zero-order valence-corrected chi connectivity index (χ0v) is 9.76. The second-order valence-electron chi connectivity index (χ2n) is 4.80. The van der Waals surface area contributed by atoms with Crippen LogP contribution in [0.25, 0.3) is 0 Å². The molecule has 3 N–H and O–H groups in total. The summed E-state index contributed by atoms with van der Waals surface area (Å²) in [5.41, 5.74) is 3.92. The van der Waals surface area contributed by atoms with Crippen LogP contribution in [-0.4, -0.2) is 9.97 Å². The van der Waals surface area contributed by atoms with E-state index in [0.29, 0.717) is 5.92 Å². The van der Waals surface area contributed by atoms with E-state index in [4.69, 9.17) is 5.84 Å². The zero-order chi connectivity index (χ0) is 11.4. The Kier molecular flexibility index (Phi) is 3.85. The maximum atomic E-state index is 5.66. The van der Waals surface area contributed by atoms with Crippen molar-refractivity contribution in [1.82, 2.24) is 15.4 Å². The lowest BCUT2D eigenvalue weighted by Crippen LogP contribution is -2.35. The standard InChI is InChI=1S/C12H20N4/c1-9-2-4-10(5-3-9)12(16-13)11-6-7-14-8-15-11/h6-10,12,16H,2-5,13H2,1H3. The topological polar surface area (TPSA) is 63.8 Å². The second kappa shape index (κ2) is 5.37. The van der Waals surface area contributed by atoms with Crippen molar-refractivity contribution >= 4 is 0 Å². The number of nitrogens with zero attached hydrogens (tertiary/aromatic N) is 2. The summed E-state index contributed by atoms with van der Waals surface area (Å²) in [6, 6.07) is 2.12. The molecular weight excluding hydrogens is 200 g/mol. The molecule has 1 aliphatic carbocycles. The minimum atomic E-state index is 0.176. The minimum absolute atomic E-state index is 0.176.